The Morgan fingerprint density at radius 1 is 0.951 bits per heavy atom. The van der Waals surface area contributed by atoms with Gasteiger partial charge in [-0.2, -0.15) is 0 Å². The third-order valence-electron chi connectivity index (χ3n) is 9.44. The highest BCUT2D eigenvalue weighted by Gasteiger charge is 2.70. The molecule has 0 saturated carbocycles. The molecular formula is C34H39N4O3+. The Labute approximate surface area is 242 Å². The molecule has 0 aliphatic carbocycles. The molecule has 2 atom stereocenters. The van der Waals surface area contributed by atoms with Crippen LogP contribution in [0.2, 0.25) is 0 Å². The molecule has 0 spiro atoms. The second kappa shape index (κ2) is 10.6. The Kier molecular flexibility index (Phi) is 6.79. The summed E-state index contributed by atoms with van der Waals surface area (Å²) in [4.78, 5) is 32.0. The molecule has 7 nitrogen and oxygen atoms in total. The normalized spacial score (nSPS) is 23.3. The summed E-state index contributed by atoms with van der Waals surface area (Å²) in [6, 6.07) is 20.0. The fraction of sp³-hybridized carbons (Fsp3) is 0.412. The van der Waals surface area contributed by atoms with Gasteiger partial charge < -0.3 is 15.0 Å². The van der Waals surface area contributed by atoms with Crippen LogP contribution in [-0.4, -0.2) is 62.6 Å². The molecule has 1 N–H and O–H groups in total. The van der Waals surface area contributed by atoms with Gasteiger partial charge in [-0.15, -0.1) is 0 Å². The first-order valence-corrected chi connectivity index (χ1v) is 15.2. The lowest BCUT2D eigenvalue weighted by Crippen LogP contribution is -2.32. The second-order valence-corrected chi connectivity index (χ2v) is 12.1. The zero-order valence-electron chi connectivity index (χ0n) is 23.9. The van der Waals surface area contributed by atoms with Crippen LogP contribution < -0.4 is 19.4 Å². The molecule has 0 bridgehead atoms. The van der Waals surface area contributed by atoms with Gasteiger partial charge in [-0.1, -0.05) is 12.1 Å². The maximum absolute atomic E-state index is 13.9. The highest BCUT2D eigenvalue weighted by Crippen LogP contribution is 2.58. The van der Waals surface area contributed by atoms with Gasteiger partial charge in [0.25, 0.3) is 5.91 Å². The maximum atomic E-state index is 13.9. The van der Waals surface area contributed by atoms with Crippen molar-refractivity contribution >= 4 is 28.9 Å². The highest BCUT2D eigenvalue weighted by molar-refractivity contribution is 6.11. The van der Waals surface area contributed by atoms with Crippen LogP contribution in [0.5, 0.6) is 5.75 Å². The number of amides is 2. The third kappa shape index (κ3) is 4.81. The van der Waals surface area contributed by atoms with E-state index in [1.807, 2.05) is 48.5 Å². The minimum absolute atomic E-state index is 0.121. The van der Waals surface area contributed by atoms with Gasteiger partial charge in [-0.25, -0.2) is 9.28 Å². The Hall–Kier alpha value is -3.68. The summed E-state index contributed by atoms with van der Waals surface area (Å²) in [5.41, 5.74) is 6.36. The molecule has 3 fully saturated rings. The number of nitrogens with one attached hydrogen (secondary N) is 1. The van der Waals surface area contributed by atoms with E-state index in [0.29, 0.717) is 22.3 Å². The van der Waals surface area contributed by atoms with E-state index in [-0.39, 0.29) is 17.9 Å². The molecule has 41 heavy (non-hydrogen) atoms. The standard InChI is InChI=1S/C34H38N4O3/c1-24-10-11-26(35-33(39)25-8-7-9-27(20-25)37-16-3-2-4-17-37)21-31(24)38-23-32(38)29-13-12-28(22-30(29)34(38)40)41-19-18-36-14-5-6-15-36/h7-13,20-22,32H,2-6,14-19,23H2,1H3/p+1. The number of rotatable bonds is 8. The number of likely N-dealkylation sites (tertiary alicyclic amines) is 1. The Morgan fingerprint density at radius 2 is 1.76 bits per heavy atom. The summed E-state index contributed by atoms with van der Waals surface area (Å²) < 4.78 is 6.35. The first kappa shape index (κ1) is 26.2. The van der Waals surface area contributed by atoms with Crippen LogP contribution in [-0.2, 0) is 0 Å². The number of quaternary nitrogens is 1. The smallest absolute Gasteiger partial charge is 0.352 e. The van der Waals surface area contributed by atoms with Crippen molar-refractivity contribution in [3.63, 3.8) is 0 Å². The van der Waals surface area contributed by atoms with Crippen LogP contribution in [0.25, 0.3) is 0 Å². The lowest BCUT2D eigenvalue weighted by atomic mass is 10.1. The molecule has 3 aromatic rings. The highest BCUT2D eigenvalue weighted by atomic mass is 16.5. The fourth-order valence-electron chi connectivity index (χ4n) is 7.09. The molecule has 0 aromatic heterocycles. The zero-order valence-corrected chi connectivity index (χ0v) is 23.9. The van der Waals surface area contributed by atoms with Gasteiger partial charge in [0.1, 0.15) is 24.6 Å². The average molecular weight is 552 g/mol. The van der Waals surface area contributed by atoms with E-state index in [4.69, 9.17) is 4.74 Å². The van der Waals surface area contributed by atoms with Crippen LogP contribution in [0.1, 0.15) is 70.0 Å². The molecule has 4 aliphatic rings. The minimum Gasteiger partial charge on any atom is -0.492 e. The molecule has 7 heteroatoms. The largest absolute Gasteiger partial charge is 0.492 e. The van der Waals surface area contributed by atoms with Crippen molar-refractivity contribution in [2.45, 2.75) is 45.1 Å². The minimum atomic E-state index is -0.132. The average Bonchev–Trinajstić information content (AvgIpc) is 3.43. The van der Waals surface area contributed by atoms with Crippen molar-refractivity contribution in [2.75, 3.05) is 56.1 Å². The van der Waals surface area contributed by atoms with E-state index in [2.05, 4.69) is 34.2 Å². The van der Waals surface area contributed by atoms with Crippen molar-refractivity contribution in [3.05, 3.63) is 82.9 Å². The number of aryl methyl sites for hydroxylation is 1. The van der Waals surface area contributed by atoms with Gasteiger partial charge >= 0.3 is 5.91 Å². The Morgan fingerprint density at radius 3 is 2.59 bits per heavy atom. The SMILES string of the molecule is Cc1ccc(NC(=O)c2cccc(N3CCCCC3)c2)cc1[N+]12CC1c1ccc(OCCN3CCCC3)cc1C2=O. The molecule has 4 aliphatic heterocycles. The van der Waals surface area contributed by atoms with Crippen molar-refractivity contribution < 1.29 is 14.3 Å². The number of anilines is 2. The molecule has 212 valence electrons. The van der Waals surface area contributed by atoms with Crippen molar-refractivity contribution in [1.82, 2.24) is 9.38 Å². The van der Waals surface area contributed by atoms with E-state index in [9.17, 15) is 9.59 Å². The van der Waals surface area contributed by atoms with E-state index >= 15 is 0 Å². The number of carbonyl (C=O) groups excluding carboxylic acids is 2. The molecular weight excluding hydrogens is 512 g/mol. The molecule has 4 heterocycles. The molecule has 2 amide bonds. The van der Waals surface area contributed by atoms with Gasteiger partial charge in [0.15, 0.2) is 6.04 Å². The molecule has 2 unspecified atom stereocenters. The van der Waals surface area contributed by atoms with Gasteiger partial charge in [0.2, 0.25) is 0 Å². The van der Waals surface area contributed by atoms with Gasteiger partial charge in [0.05, 0.1) is 5.56 Å². The fourth-order valence-corrected chi connectivity index (χ4v) is 7.09. The number of nitrogens with zero attached hydrogens (tertiary/aromatic N) is 3. The van der Waals surface area contributed by atoms with Gasteiger partial charge in [-0.05, 0) is 94.6 Å². The molecule has 7 rings (SSSR count). The van der Waals surface area contributed by atoms with Crippen molar-refractivity contribution in [2.24, 2.45) is 0 Å². The summed E-state index contributed by atoms with van der Waals surface area (Å²) in [6.45, 7) is 8.75. The van der Waals surface area contributed by atoms with E-state index < -0.39 is 0 Å². The summed E-state index contributed by atoms with van der Waals surface area (Å²) in [5, 5.41) is 3.10. The maximum Gasteiger partial charge on any atom is 0.352 e. The molecule has 0 radical (unpaired) electrons. The lowest BCUT2D eigenvalue weighted by Gasteiger charge is -2.29. The van der Waals surface area contributed by atoms with Crippen molar-refractivity contribution in [1.29, 1.82) is 0 Å². The van der Waals surface area contributed by atoms with E-state index in [1.165, 1.54) is 32.1 Å². The Bertz CT molecular complexity index is 1490. The second-order valence-electron chi connectivity index (χ2n) is 12.1. The number of hydrogen-bond acceptors (Lipinski definition) is 5. The first-order valence-electron chi connectivity index (χ1n) is 15.2. The van der Waals surface area contributed by atoms with E-state index in [0.717, 1.165) is 73.1 Å². The predicted molar refractivity (Wildman–Crippen MR) is 163 cm³/mol. The van der Waals surface area contributed by atoms with Gasteiger partial charge in [-0.3, -0.25) is 9.69 Å². The molecule has 3 saturated heterocycles. The number of hydrogen-bond donors (Lipinski definition) is 1. The van der Waals surface area contributed by atoms with Gasteiger partial charge in [0, 0.05) is 53.8 Å². The number of piperidine rings is 1. The predicted octanol–water partition coefficient (Wildman–Crippen LogP) is 5.93. The first-order chi connectivity index (χ1) is 20.0. The monoisotopic (exact) mass is 551 g/mol. The van der Waals surface area contributed by atoms with E-state index in [1.54, 1.807) is 0 Å². The van der Waals surface area contributed by atoms with Crippen LogP contribution in [0.3, 0.4) is 0 Å². The van der Waals surface area contributed by atoms with Crippen molar-refractivity contribution in [3.8, 4) is 5.75 Å². The van der Waals surface area contributed by atoms with Crippen LogP contribution >= 0.6 is 0 Å². The third-order valence-corrected chi connectivity index (χ3v) is 9.44. The van der Waals surface area contributed by atoms with Crippen LogP contribution in [0.4, 0.5) is 17.1 Å². The Balaban J connectivity index is 1.07. The topological polar surface area (TPSA) is 61.9 Å². The number of benzene rings is 3. The summed E-state index contributed by atoms with van der Waals surface area (Å²) in [6.07, 6.45) is 6.20. The zero-order chi connectivity index (χ0) is 28.0. The number of fused-ring (bicyclic) bond motifs is 3. The van der Waals surface area contributed by atoms with Crippen LogP contribution in [0, 0.1) is 6.92 Å². The quantitative estimate of drug-likeness (QED) is 0.278. The lowest BCUT2D eigenvalue weighted by molar-refractivity contribution is 0.0891. The molecule has 3 aromatic carbocycles. The summed E-state index contributed by atoms with van der Waals surface area (Å²) >= 11 is 0. The van der Waals surface area contributed by atoms with Crippen LogP contribution in [0.15, 0.2) is 60.7 Å². The summed E-state index contributed by atoms with van der Waals surface area (Å²) in [5.74, 6) is 0.755. The number of ether oxygens (including phenoxy) is 1. The number of carbonyl (C=O) groups is 2. The summed E-state index contributed by atoms with van der Waals surface area (Å²) in [7, 11) is 0.